The average Bonchev–Trinajstić information content (AvgIpc) is 2.86. The van der Waals surface area contributed by atoms with Gasteiger partial charge in [0.1, 0.15) is 0 Å². The number of anilines is 2. The average molecular weight is 296 g/mol. The first-order valence-electron chi connectivity index (χ1n) is 5.44. The van der Waals surface area contributed by atoms with Crippen LogP contribution in [0.4, 0.5) is 11.5 Å². The summed E-state index contributed by atoms with van der Waals surface area (Å²) < 4.78 is 4.33. The van der Waals surface area contributed by atoms with E-state index in [1.54, 1.807) is 0 Å². The number of hydrogen-bond donors (Lipinski definition) is 3. The van der Waals surface area contributed by atoms with E-state index in [1.807, 2.05) is 0 Å². The van der Waals surface area contributed by atoms with Crippen molar-refractivity contribution in [1.29, 1.82) is 0 Å². The Labute approximate surface area is 118 Å². The van der Waals surface area contributed by atoms with E-state index >= 15 is 0 Å². The van der Waals surface area contributed by atoms with Gasteiger partial charge in [-0.3, -0.25) is 9.59 Å². The highest BCUT2D eigenvalue weighted by molar-refractivity contribution is 6.34. The van der Waals surface area contributed by atoms with Crippen LogP contribution in [0.15, 0.2) is 22.8 Å². The highest BCUT2D eigenvalue weighted by atomic mass is 35.5. The van der Waals surface area contributed by atoms with Crippen molar-refractivity contribution < 1.29 is 14.2 Å². The van der Waals surface area contributed by atoms with E-state index in [9.17, 15) is 9.59 Å². The lowest BCUT2D eigenvalue weighted by Crippen LogP contribution is -2.19. The molecule has 1 aromatic carbocycles. The van der Waals surface area contributed by atoms with E-state index in [1.165, 1.54) is 25.2 Å². The second-order valence-electron chi connectivity index (χ2n) is 3.73. The fourth-order valence-electron chi connectivity index (χ4n) is 1.44. The molecule has 0 saturated heterocycles. The highest BCUT2D eigenvalue weighted by Gasteiger charge is 2.17. The Morgan fingerprint density at radius 2 is 2.05 bits per heavy atom. The van der Waals surface area contributed by atoms with Gasteiger partial charge >= 0.3 is 0 Å². The molecule has 2 aromatic rings. The molecule has 0 radical (unpaired) electrons. The minimum absolute atomic E-state index is 0.138. The smallest absolute Gasteiger partial charge is 0.281 e. The van der Waals surface area contributed by atoms with E-state index in [0.29, 0.717) is 5.56 Å². The van der Waals surface area contributed by atoms with Gasteiger partial charge in [-0.15, -0.1) is 0 Å². The summed E-state index contributed by atoms with van der Waals surface area (Å²) in [5, 5.41) is 11.9. The maximum atomic E-state index is 11.9. The van der Waals surface area contributed by atoms with Gasteiger partial charge in [0.05, 0.1) is 10.7 Å². The quantitative estimate of drug-likeness (QED) is 0.773. The van der Waals surface area contributed by atoms with Gasteiger partial charge in [-0.2, -0.15) is 0 Å². The Kier molecular flexibility index (Phi) is 3.85. The Balaban J connectivity index is 2.27. The highest BCUT2D eigenvalue weighted by Crippen LogP contribution is 2.24. The van der Waals surface area contributed by atoms with Crippen LogP contribution >= 0.6 is 11.6 Å². The molecule has 1 heterocycles. The summed E-state index contributed by atoms with van der Waals surface area (Å²) in [5.74, 6) is -1.08. The SMILES string of the molecule is CNC(=O)c1ccc(Cl)c(NC(=O)c2nonc2N)c1. The lowest BCUT2D eigenvalue weighted by molar-refractivity contribution is 0.0961. The number of carbonyl (C=O) groups excluding carboxylic acids is 2. The third kappa shape index (κ3) is 2.69. The van der Waals surface area contributed by atoms with Gasteiger partial charge in [-0.25, -0.2) is 4.63 Å². The first kappa shape index (κ1) is 13.8. The molecule has 0 fully saturated rings. The molecular weight excluding hydrogens is 286 g/mol. The molecule has 4 N–H and O–H groups in total. The molecule has 104 valence electrons. The van der Waals surface area contributed by atoms with Crippen LogP contribution in [0.3, 0.4) is 0 Å². The van der Waals surface area contributed by atoms with Crippen molar-refractivity contribution >= 4 is 34.9 Å². The molecule has 1 aromatic heterocycles. The number of carbonyl (C=O) groups is 2. The molecule has 0 aliphatic heterocycles. The fourth-order valence-corrected chi connectivity index (χ4v) is 1.61. The lowest BCUT2D eigenvalue weighted by Gasteiger charge is -2.07. The summed E-state index contributed by atoms with van der Waals surface area (Å²) in [6.07, 6.45) is 0. The Morgan fingerprint density at radius 1 is 1.30 bits per heavy atom. The van der Waals surface area contributed by atoms with Gasteiger partial charge in [0, 0.05) is 12.6 Å². The van der Waals surface area contributed by atoms with Crippen LogP contribution in [0, 0.1) is 0 Å². The van der Waals surface area contributed by atoms with Crippen LogP contribution in [0.25, 0.3) is 0 Å². The van der Waals surface area contributed by atoms with Crippen molar-refractivity contribution in [1.82, 2.24) is 15.6 Å². The van der Waals surface area contributed by atoms with Crippen molar-refractivity contribution in [2.24, 2.45) is 0 Å². The number of nitrogens with two attached hydrogens (primary N) is 1. The summed E-state index contributed by atoms with van der Waals surface area (Å²) in [4.78, 5) is 23.4. The molecule has 2 rings (SSSR count). The van der Waals surface area contributed by atoms with Crippen molar-refractivity contribution in [2.45, 2.75) is 0 Å². The number of hydrogen-bond acceptors (Lipinski definition) is 6. The van der Waals surface area contributed by atoms with Crippen LogP contribution < -0.4 is 16.4 Å². The number of amides is 2. The largest absolute Gasteiger partial charge is 0.379 e. The lowest BCUT2D eigenvalue weighted by atomic mass is 10.2. The van der Waals surface area contributed by atoms with E-state index in [2.05, 4.69) is 25.6 Å². The second-order valence-corrected chi connectivity index (χ2v) is 4.13. The number of nitrogens with one attached hydrogen (secondary N) is 2. The zero-order valence-electron chi connectivity index (χ0n) is 10.3. The number of rotatable bonds is 3. The Morgan fingerprint density at radius 3 is 2.65 bits per heavy atom. The summed E-state index contributed by atoms with van der Waals surface area (Å²) in [5.41, 5.74) is 5.84. The molecule has 0 bridgehead atoms. The molecule has 9 heteroatoms. The van der Waals surface area contributed by atoms with Crippen LogP contribution in [0.2, 0.25) is 5.02 Å². The van der Waals surface area contributed by atoms with Crippen molar-refractivity contribution in [3.05, 3.63) is 34.5 Å². The zero-order valence-corrected chi connectivity index (χ0v) is 11.1. The van der Waals surface area contributed by atoms with Crippen LogP contribution in [-0.2, 0) is 0 Å². The second kappa shape index (κ2) is 5.57. The number of nitrogen functional groups attached to an aromatic ring is 1. The molecule has 20 heavy (non-hydrogen) atoms. The molecule has 0 atom stereocenters. The molecular formula is C11H10ClN5O3. The van der Waals surface area contributed by atoms with E-state index in [0.717, 1.165) is 0 Å². The Hall–Kier alpha value is -2.61. The first-order valence-corrected chi connectivity index (χ1v) is 5.81. The molecule has 0 aliphatic rings. The van der Waals surface area contributed by atoms with Gasteiger partial charge in [-0.05, 0) is 28.5 Å². The summed E-state index contributed by atoms with van der Waals surface area (Å²) in [6, 6.07) is 4.46. The topological polar surface area (TPSA) is 123 Å². The van der Waals surface area contributed by atoms with Crippen molar-refractivity contribution in [3.63, 3.8) is 0 Å². The summed E-state index contributed by atoms with van der Waals surface area (Å²) in [6.45, 7) is 0. The third-order valence-electron chi connectivity index (χ3n) is 2.43. The van der Waals surface area contributed by atoms with Crippen molar-refractivity contribution in [2.75, 3.05) is 18.1 Å². The van der Waals surface area contributed by atoms with Gasteiger partial charge in [0.15, 0.2) is 0 Å². The van der Waals surface area contributed by atoms with Gasteiger partial charge in [0.2, 0.25) is 11.5 Å². The number of halogens is 1. The minimum Gasteiger partial charge on any atom is -0.379 e. The maximum absolute atomic E-state index is 11.9. The summed E-state index contributed by atoms with van der Waals surface area (Å²) in [7, 11) is 1.50. The monoisotopic (exact) mass is 295 g/mol. The standard InChI is InChI=1S/C11H10ClN5O3/c1-14-10(18)5-2-3-6(12)7(4-5)15-11(19)8-9(13)17-20-16-8/h2-4H,1H3,(H2,13,17)(H,14,18)(H,15,19). The van der Waals surface area contributed by atoms with Crippen molar-refractivity contribution in [3.8, 4) is 0 Å². The van der Waals surface area contributed by atoms with E-state index < -0.39 is 5.91 Å². The Bertz CT molecular complexity index is 670. The van der Waals surface area contributed by atoms with Crippen LogP contribution in [0.5, 0.6) is 0 Å². The van der Waals surface area contributed by atoms with Gasteiger partial charge < -0.3 is 16.4 Å². The third-order valence-corrected chi connectivity index (χ3v) is 2.76. The van der Waals surface area contributed by atoms with Crippen LogP contribution in [-0.4, -0.2) is 29.2 Å². The molecule has 0 saturated carbocycles. The minimum atomic E-state index is -0.639. The first-order chi connectivity index (χ1) is 9.52. The molecule has 0 spiro atoms. The van der Waals surface area contributed by atoms with E-state index in [4.69, 9.17) is 17.3 Å². The van der Waals surface area contributed by atoms with Gasteiger partial charge in [0.25, 0.3) is 11.8 Å². The number of aromatic nitrogens is 2. The van der Waals surface area contributed by atoms with E-state index in [-0.39, 0.29) is 28.1 Å². The molecule has 0 aliphatic carbocycles. The number of benzene rings is 1. The normalized spacial score (nSPS) is 10.1. The molecule has 8 nitrogen and oxygen atoms in total. The molecule has 2 amide bonds. The predicted molar refractivity (Wildman–Crippen MR) is 71.5 cm³/mol. The van der Waals surface area contributed by atoms with Crippen LogP contribution in [0.1, 0.15) is 20.8 Å². The molecule has 0 unspecified atom stereocenters. The fraction of sp³-hybridized carbons (Fsp3) is 0.0909. The van der Waals surface area contributed by atoms with Gasteiger partial charge in [-0.1, -0.05) is 11.6 Å². The zero-order chi connectivity index (χ0) is 14.7. The maximum Gasteiger partial charge on any atom is 0.281 e. The predicted octanol–water partition coefficient (Wildman–Crippen LogP) is 0.917. The summed E-state index contributed by atoms with van der Waals surface area (Å²) >= 11 is 5.95. The number of nitrogens with zero attached hydrogens (tertiary/aromatic N) is 2.